The number of morpholine rings is 1. The van der Waals surface area contributed by atoms with Crippen LogP contribution in [0.1, 0.15) is 0 Å². The van der Waals surface area contributed by atoms with Crippen molar-refractivity contribution >= 4 is 5.95 Å². The molecule has 0 aliphatic carbocycles. The van der Waals surface area contributed by atoms with Gasteiger partial charge in [0.15, 0.2) is 0 Å². The van der Waals surface area contributed by atoms with E-state index in [2.05, 4.69) is 20.4 Å². The molecule has 0 radical (unpaired) electrons. The van der Waals surface area contributed by atoms with Crippen molar-refractivity contribution in [2.75, 3.05) is 31.1 Å². The minimum Gasteiger partial charge on any atom is -0.373 e. The van der Waals surface area contributed by atoms with Gasteiger partial charge in [0.2, 0.25) is 5.95 Å². The average Bonchev–Trinajstić information content (AvgIpc) is 2.65. The molecule has 2 N–H and O–H groups in total. The second-order valence-electron chi connectivity index (χ2n) is 3.28. The van der Waals surface area contributed by atoms with Gasteiger partial charge in [0.25, 0.3) is 0 Å². The Balaban J connectivity index is 2.08. The summed E-state index contributed by atoms with van der Waals surface area (Å²) in [6, 6.07) is 0. The van der Waals surface area contributed by atoms with Crippen LogP contribution in [0.2, 0.25) is 0 Å². The second kappa shape index (κ2) is 3.89. The van der Waals surface area contributed by atoms with Gasteiger partial charge in [-0.05, 0) is 10.4 Å². The number of tetrazole rings is 1. The molecule has 1 saturated heterocycles. The van der Waals surface area contributed by atoms with E-state index in [4.69, 9.17) is 10.5 Å². The maximum Gasteiger partial charge on any atom is 0.245 e. The van der Waals surface area contributed by atoms with Crippen molar-refractivity contribution in [2.24, 2.45) is 12.8 Å². The number of aryl methyl sites for hydroxylation is 1. The summed E-state index contributed by atoms with van der Waals surface area (Å²) in [6.45, 7) is 2.77. The molecule has 14 heavy (non-hydrogen) atoms. The van der Waals surface area contributed by atoms with E-state index >= 15 is 0 Å². The molecule has 1 unspecified atom stereocenters. The van der Waals surface area contributed by atoms with Crippen LogP contribution in [0.5, 0.6) is 0 Å². The van der Waals surface area contributed by atoms with Crippen LogP contribution in [0.3, 0.4) is 0 Å². The van der Waals surface area contributed by atoms with Gasteiger partial charge in [-0.1, -0.05) is 5.10 Å². The summed E-state index contributed by atoms with van der Waals surface area (Å²) in [6.07, 6.45) is 0.0837. The average molecular weight is 198 g/mol. The monoisotopic (exact) mass is 198 g/mol. The number of hydrogen-bond donors (Lipinski definition) is 1. The maximum absolute atomic E-state index is 5.55. The minimum absolute atomic E-state index is 0.0837. The first kappa shape index (κ1) is 9.35. The Bertz CT molecular complexity index is 300. The highest BCUT2D eigenvalue weighted by molar-refractivity contribution is 5.28. The lowest BCUT2D eigenvalue weighted by Crippen LogP contribution is -2.46. The molecule has 1 aliphatic rings. The number of nitrogens with zero attached hydrogens (tertiary/aromatic N) is 5. The molecule has 1 aliphatic heterocycles. The normalized spacial score (nSPS) is 22.7. The Morgan fingerprint density at radius 3 is 3.14 bits per heavy atom. The standard InChI is InChI=1S/C7H14N6O/c1-12-7(9-10-11-12)13-2-3-14-6(4-8)5-13/h6H,2-5,8H2,1H3. The Morgan fingerprint density at radius 1 is 1.64 bits per heavy atom. The highest BCUT2D eigenvalue weighted by atomic mass is 16.5. The summed E-state index contributed by atoms with van der Waals surface area (Å²) in [5.41, 5.74) is 5.55. The minimum atomic E-state index is 0.0837. The molecular formula is C7H14N6O. The topological polar surface area (TPSA) is 82.1 Å². The zero-order valence-electron chi connectivity index (χ0n) is 8.13. The molecule has 2 rings (SSSR count). The first-order valence-corrected chi connectivity index (χ1v) is 4.60. The summed E-state index contributed by atoms with van der Waals surface area (Å²) in [5, 5.41) is 11.3. The van der Waals surface area contributed by atoms with Crippen LogP contribution in [-0.4, -0.2) is 52.6 Å². The first-order valence-electron chi connectivity index (χ1n) is 4.60. The van der Waals surface area contributed by atoms with Crippen LogP contribution in [0.4, 0.5) is 5.95 Å². The van der Waals surface area contributed by atoms with Crippen LogP contribution >= 0.6 is 0 Å². The summed E-state index contributed by atoms with van der Waals surface area (Å²) in [7, 11) is 1.82. The van der Waals surface area contributed by atoms with Crippen LogP contribution < -0.4 is 10.6 Å². The van der Waals surface area contributed by atoms with E-state index in [1.165, 1.54) is 0 Å². The van der Waals surface area contributed by atoms with Crippen LogP contribution in [0, 0.1) is 0 Å². The SMILES string of the molecule is Cn1nnnc1N1CCOC(CN)C1. The molecule has 0 amide bonds. The summed E-state index contributed by atoms with van der Waals surface area (Å²) >= 11 is 0. The Labute approximate surface area is 81.8 Å². The van der Waals surface area contributed by atoms with Gasteiger partial charge in [0.1, 0.15) is 0 Å². The van der Waals surface area contributed by atoms with Crippen LogP contribution in [0.15, 0.2) is 0 Å². The largest absolute Gasteiger partial charge is 0.373 e. The molecule has 78 valence electrons. The first-order chi connectivity index (χ1) is 6.81. The third kappa shape index (κ3) is 1.68. The van der Waals surface area contributed by atoms with E-state index in [0.29, 0.717) is 13.2 Å². The van der Waals surface area contributed by atoms with Crippen LogP contribution in [-0.2, 0) is 11.8 Å². The van der Waals surface area contributed by atoms with Crippen molar-refractivity contribution < 1.29 is 4.74 Å². The van der Waals surface area contributed by atoms with Crippen molar-refractivity contribution in [2.45, 2.75) is 6.10 Å². The van der Waals surface area contributed by atoms with E-state index in [-0.39, 0.29) is 6.10 Å². The number of nitrogens with two attached hydrogens (primary N) is 1. The third-order valence-electron chi connectivity index (χ3n) is 2.28. The van der Waals surface area contributed by atoms with Crippen molar-refractivity contribution in [3.8, 4) is 0 Å². The molecule has 2 heterocycles. The van der Waals surface area contributed by atoms with E-state index in [1.807, 2.05) is 7.05 Å². The van der Waals surface area contributed by atoms with Gasteiger partial charge in [0.05, 0.1) is 12.7 Å². The van der Waals surface area contributed by atoms with Gasteiger partial charge in [-0.15, -0.1) is 0 Å². The number of rotatable bonds is 2. The fourth-order valence-corrected chi connectivity index (χ4v) is 1.54. The van der Waals surface area contributed by atoms with Gasteiger partial charge in [-0.2, -0.15) is 0 Å². The Hall–Kier alpha value is -1.21. The molecule has 0 saturated carbocycles. The zero-order valence-corrected chi connectivity index (χ0v) is 8.13. The van der Waals surface area contributed by atoms with E-state index in [1.54, 1.807) is 4.68 Å². The number of ether oxygens (including phenoxy) is 1. The molecular weight excluding hydrogens is 184 g/mol. The predicted octanol–water partition coefficient (Wildman–Crippen LogP) is -1.63. The highest BCUT2D eigenvalue weighted by Crippen LogP contribution is 2.11. The lowest BCUT2D eigenvalue weighted by atomic mass is 10.3. The van der Waals surface area contributed by atoms with Gasteiger partial charge >= 0.3 is 0 Å². The third-order valence-corrected chi connectivity index (χ3v) is 2.28. The van der Waals surface area contributed by atoms with E-state index in [9.17, 15) is 0 Å². The molecule has 1 aromatic rings. The lowest BCUT2D eigenvalue weighted by molar-refractivity contribution is 0.0457. The van der Waals surface area contributed by atoms with Gasteiger partial charge in [-0.3, -0.25) is 0 Å². The van der Waals surface area contributed by atoms with Gasteiger partial charge in [-0.25, -0.2) is 4.68 Å². The van der Waals surface area contributed by atoms with Gasteiger partial charge in [0, 0.05) is 26.7 Å². The van der Waals surface area contributed by atoms with Crippen LogP contribution in [0.25, 0.3) is 0 Å². The second-order valence-corrected chi connectivity index (χ2v) is 3.28. The van der Waals surface area contributed by atoms with Gasteiger partial charge < -0.3 is 15.4 Å². The molecule has 1 aromatic heterocycles. The zero-order chi connectivity index (χ0) is 9.97. The Morgan fingerprint density at radius 2 is 2.50 bits per heavy atom. The van der Waals surface area contributed by atoms with E-state index in [0.717, 1.165) is 19.0 Å². The van der Waals surface area contributed by atoms with Crippen molar-refractivity contribution in [1.29, 1.82) is 0 Å². The van der Waals surface area contributed by atoms with Crippen molar-refractivity contribution in [3.63, 3.8) is 0 Å². The quantitative estimate of drug-likeness (QED) is 0.614. The molecule has 0 bridgehead atoms. The molecule has 7 heteroatoms. The summed E-state index contributed by atoms with van der Waals surface area (Å²) in [4.78, 5) is 2.08. The smallest absolute Gasteiger partial charge is 0.245 e. The lowest BCUT2D eigenvalue weighted by Gasteiger charge is -2.32. The van der Waals surface area contributed by atoms with E-state index < -0.39 is 0 Å². The number of aromatic nitrogens is 4. The number of hydrogen-bond acceptors (Lipinski definition) is 6. The van der Waals surface area contributed by atoms with Crippen molar-refractivity contribution in [3.05, 3.63) is 0 Å². The Kier molecular flexibility index (Phi) is 2.60. The molecule has 1 atom stereocenters. The molecule has 0 spiro atoms. The summed E-state index contributed by atoms with van der Waals surface area (Å²) in [5.74, 6) is 0.770. The molecule has 1 fully saturated rings. The predicted molar refractivity (Wildman–Crippen MR) is 49.8 cm³/mol. The fourth-order valence-electron chi connectivity index (χ4n) is 1.54. The molecule has 7 nitrogen and oxygen atoms in total. The number of anilines is 1. The van der Waals surface area contributed by atoms with Crippen molar-refractivity contribution in [1.82, 2.24) is 20.2 Å². The highest BCUT2D eigenvalue weighted by Gasteiger charge is 2.22. The molecule has 0 aromatic carbocycles. The maximum atomic E-state index is 5.55. The summed E-state index contributed by atoms with van der Waals surface area (Å²) < 4.78 is 7.10. The fraction of sp³-hybridized carbons (Fsp3) is 0.857.